The fourth-order valence-corrected chi connectivity index (χ4v) is 2.53. The van der Waals surface area contributed by atoms with Gasteiger partial charge in [-0.15, -0.1) is 0 Å². The van der Waals surface area contributed by atoms with E-state index in [0.29, 0.717) is 22.7 Å². The third-order valence-electron chi connectivity index (χ3n) is 3.65. The largest absolute Gasteiger partial charge is 0.497 e. The number of hydrogen-bond acceptors (Lipinski definition) is 5. The van der Waals surface area contributed by atoms with Crippen LogP contribution in [0.25, 0.3) is 5.57 Å². The van der Waals surface area contributed by atoms with E-state index in [0.717, 1.165) is 0 Å². The fraction of sp³-hybridized carbons (Fsp3) is 0.111. The zero-order valence-electron chi connectivity index (χ0n) is 13.3. The molecule has 2 amide bonds. The minimum absolute atomic E-state index is 0.178. The van der Waals surface area contributed by atoms with Crippen molar-refractivity contribution in [3.63, 3.8) is 0 Å². The van der Waals surface area contributed by atoms with Crippen LogP contribution in [0.5, 0.6) is 11.5 Å². The average Bonchev–Trinajstić information content (AvgIpc) is 2.88. The summed E-state index contributed by atoms with van der Waals surface area (Å²) in [6.45, 7) is 0. The van der Waals surface area contributed by atoms with Gasteiger partial charge in [-0.2, -0.15) is 0 Å². The summed E-state index contributed by atoms with van der Waals surface area (Å²) in [5.41, 5.74) is 1.62. The lowest BCUT2D eigenvalue weighted by Crippen LogP contribution is -2.24. The molecule has 1 aliphatic rings. The highest BCUT2D eigenvalue weighted by Crippen LogP contribution is 2.32. The molecule has 0 aromatic heterocycles. The van der Waals surface area contributed by atoms with Gasteiger partial charge in [0.1, 0.15) is 17.2 Å². The minimum atomic E-state index is -0.483. The maximum absolute atomic E-state index is 12.3. The zero-order chi connectivity index (χ0) is 17.1. The minimum Gasteiger partial charge on any atom is -0.497 e. The van der Waals surface area contributed by atoms with Crippen molar-refractivity contribution in [3.8, 4) is 11.5 Å². The first kappa shape index (κ1) is 15.6. The number of ether oxygens (including phenoxy) is 2. The number of methoxy groups -OCH3 is 2. The van der Waals surface area contributed by atoms with Gasteiger partial charge in [0.2, 0.25) is 0 Å². The van der Waals surface area contributed by atoms with Gasteiger partial charge < -0.3 is 14.8 Å². The van der Waals surface area contributed by atoms with E-state index in [1.165, 1.54) is 7.11 Å². The Bertz CT molecular complexity index is 842. The molecule has 24 heavy (non-hydrogen) atoms. The Morgan fingerprint density at radius 2 is 1.71 bits per heavy atom. The molecule has 0 radical (unpaired) electrons. The van der Waals surface area contributed by atoms with Crippen molar-refractivity contribution in [2.45, 2.75) is 0 Å². The molecule has 6 nitrogen and oxygen atoms in total. The van der Waals surface area contributed by atoms with Crippen molar-refractivity contribution in [2.24, 2.45) is 0 Å². The van der Waals surface area contributed by atoms with Crippen LogP contribution in [0.2, 0.25) is 0 Å². The Hall–Kier alpha value is -3.28. The van der Waals surface area contributed by atoms with Crippen LogP contribution < -0.4 is 20.1 Å². The van der Waals surface area contributed by atoms with Gasteiger partial charge in [-0.1, -0.05) is 24.3 Å². The summed E-state index contributed by atoms with van der Waals surface area (Å²) in [7, 11) is 3.08. The van der Waals surface area contributed by atoms with E-state index < -0.39 is 11.8 Å². The second kappa shape index (κ2) is 6.45. The summed E-state index contributed by atoms with van der Waals surface area (Å²) in [6, 6.07) is 14.2. The standard InChI is InChI=1S/C18H16N2O4/c1-23-12-7-5-6-11(10-12)19-16-15(17(21)20-18(16)22)13-8-3-4-9-14(13)24-2/h3-10H,1-2H3,(H2,19,20,21,22). The molecule has 2 N–H and O–H groups in total. The Morgan fingerprint density at radius 3 is 2.46 bits per heavy atom. The topological polar surface area (TPSA) is 76.7 Å². The number of carbonyl (C=O) groups excluding carboxylic acids is 2. The third kappa shape index (κ3) is 2.81. The first-order chi connectivity index (χ1) is 11.6. The Morgan fingerprint density at radius 1 is 0.917 bits per heavy atom. The molecule has 0 atom stereocenters. The average molecular weight is 324 g/mol. The van der Waals surface area contributed by atoms with E-state index in [2.05, 4.69) is 10.6 Å². The molecule has 2 aromatic carbocycles. The summed E-state index contributed by atoms with van der Waals surface area (Å²) in [5, 5.41) is 5.32. The van der Waals surface area contributed by atoms with Gasteiger partial charge >= 0.3 is 0 Å². The molecule has 0 unspecified atom stereocenters. The van der Waals surface area contributed by atoms with Crippen LogP contribution >= 0.6 is 0 Å². The molecular weight excluding hydrogens is 308 g/mol. The lowest BCUT2D eigenvalue weighted by molar-refractivity contribution is -0.123. The molecule has 6 heteroatoms. The van der Waals surface area contributed by atoms with Crippen LogP contribution in [-0.2, 0) is 9.59 Å². The second-order valence-electron chi connectivity index (χ2n) is 5.09. The van der Waals surface area contributed by atoms with E-state index in [1.54, 1.807) is 55.6 Å². The van der Waals surface area contributed by atoms with Crippen molar-refractivity contribution >= 4 is 23.1 Å². The predicted molar refractivity (Wildman–Crippen MR) is 89.7 cm³/mol. The first-order valence-corrected chi connectivity index (χ1v) is 7.28. The Labute approximate surface area is 139 Å². The number of benzene rings is 2. The van der Waals surface area contributed by atoms with Crippen molar-refractivity contribution < 1.29 is 19.1 Å². The highest BCUT2D eigenvalue weighted by atomic mass is 16.5. The van der Waals surface area contributed by atoms with E-state index in [1.807, 2.05) is 0 Å². The molecule has 0 fully saturated rings. The highest BCUT2D eigenvalue weighted by Gasteiger charge is 2.33. The number of hydrogen-bond donors (Lipinski definition) is 2. The smallest absolute Gasteiger partial charge is 0.275 e. The van der Waals surface area contributed by atoms with E-state index >= 15 is 0 Å². The highest BCUT2D eigenvalue weighted by molar-refractivity contribution is 6.37. The van der Waals surface area contributed by atoms with E-state index in [9.17, 15) is 9.59 Å². The lowest BCUT2D eigenvalue weighted by atomic mass is 10.0. The van der Waals surface area contributed by atoms with Gasteiger partial charge in [0.25, 0.3) is 11.8 Å². The molecule has 0 spiro atoms. The van der Waals surface area contributed by atoms with Crippen LogP contribution in [0.3, 0.4) is 0 Å². The van der Waals surface area contributed by atoms with Crippen LogP contribution in [0.1, 0.15) is 5.56 Å². The number of nitrogens with one attached hydrogen (secondary N) is 2. The second-order valence-corrected chi connectivity index (χ2v) is 5.09. The van der Waals surface area contributed by atoms with Crippen molar-refractivity contribution in [1.29, 1.82) is 0 Å². The van der Waals surface area contributed by atoms with E-state index in [4.69, 9.17) is 9.47 Å². The Kier molecular flexibility index (Phi) is 4.20. The summed E-state index contributed by atoms with van der Waals surface area (Å²) >= 11 is 0. The molecule has 0 saturated carbocycles. The van der Waals surface area contributed by atoms with Crippen LogP contribution in [0.4, 0.5) is 5.69 Å². The van der Waals surface area contributed by atoms with Crippen molar-refractivity contribution in [1.82, 2.24) is 5.32 Å². The van der Waals surface area contributed by atoms with Gasteiger partial charge in [-0.3, -0.25) is 14.9 Å². The molecule has 0 aliphatic carbocycles. The van der Waals surface area contributed by atoms with Crippen LogP contribution in [0, 0.1) is 0 Å². The molecule has 0 bridgehead atoms. The van der Waals surface area contributed by atoms with Gasteiger partial charge in [0.05, 0.1) is 19.8 Å². The number of rotatable bonds is 5. The summed E-state index contributed by atoms with van der Waals surface area (Å²) < 4.78 is 10.5. The van der Waals surface area contributed by atoms with Crippen LogP contribution in [0.15, 0.2) is 54.2 Å². The normalized spacial score (nSPS) is 13.8. The maximum Gasteiger partial charge on any atom is 0.275 e. The molecule has 3 rings (SSSR count). The maximum atomic E-state index is 12.3. The lowest BCUT2D eigenvalue weighted by Gasteiger charge is -2.11. The number of imide groups is 1. The summed E-state index contributed by atoms with van der Waals surface area (Å²) in [5.74, 6) is 0.213. The molecule has 1 aliphatic heterocycles. The van der Waals surface area contributed by atoms with Crippen molar-refractivity contribution in [3.05, 3.63) is 59.8 Å². The number of carbonyl (C=O) groups is 2. The fourth-order valence-electron chi connectivity index (χ4n) is 2.53. The number of amides is 2. The quantitative estimate of drug-likeness (QED) is 0.825. The first-order valence-electron chi connectivity index (χ1n) is 7.28. The summed E-state index contributed by atoms with van der Waals surface area (Å²) in [4.78, 5) is 24.5. The van der Waals surface area contributed by atoms with Crippen LogP contribution in [-0.4, -0.2) is 26.0 Å². The molecule has 1 heterocycles. The zero-order valence-corrected chi connectivity index (χ0v) is 13.3. The van der Waals surface area contributed by atoms with Gasteiger partial charge in [-0.05, 0) is 18.2 Å². The van der Waals surface area contributed by atoms with Crippen molar-refractivity contribution in [2.75, 3.05) is 19.5 Å². The van der Waals surface area contributed by atoms with Gasteiger partial charge in [0, 0.05) is 17.3 Å². The number of para-hydroxylation sites is 1. The monoisotopic (exact) mass is 324 g/mol. The predicted octanol–water partition coefficient (Wildman–Crippen LogP) is 2.18. The molecule has 2 aromatic rings. The molecule has 122 valence electrons. The Balaban J connectivity index is 2.08. The third-order valence-corrected chi connectivity index (χ3v) is 3.65. The number of anilines is 1. The molecular formula is C18H16N2O4. The van der Waals surface area contributed by atoms with Gasteiger partial charge in [0.15, 0.2) is 0 Å². The summed E-state index contributed by atoms with van der Waals surface area (Å²) in [6.07, 6.45) is 0. The molecule has 0 saturated heterocycles. The SMILES string of the molecule is COc1cccc(NC2=C(c3ccccc3OC)C(=O)NC2=O)c1. The van der Waals surface area contributed by atoms with Gasteiger partial charge in [-0.25, -0.2) is 0 Å². The van der Waals surface area contributed by atoms with E-state index in [-0.39, 0.29) is 11.3 Å².